The summed E-state index contributed by atoms with van der Waals surface area (Å²) in [5.41, 5.74) is -0.751. The van der Waals surface area contributed by atoms with Crippen LogP contribution in [-0.2, 0) is 15.7 Å². The zero-order valence-electron chi connectivity index (χ0n) is 24.3. The number of alkyl halides is 3. The average molecular weight is 610 g/mol. The maximum absolute atomic E-state index is 15.0. The van der Waals surface area contributed by atoms with E-state index in [4.69, 9.17) is 14.6 Å². The van der Waals surface area contributed by atoms with Crippen molar-refractivity contribution >= 4 is 33.7 Å². The Kier molecular flexibility index (Phi) is 7.80. The number of rotatable bonds is 7. The lowest BCUT2D eigenvalue weighted by Crippen LogP contribution is -2.19. The Morgan fingerprint density at radius 2 is 1.38 bits per heavy atom. The van der Waals surface area contributed by atoms with Crippen LogP contribution in [0.15, 0.2) is 97.1 Å². The minimum Gasteiger partial charge on any atom is -0.462 e. The first-order valence-corrected chi connectivity index (χ1v) is 14.3. The fourth-order valence-corrected chi connectivity index (χ4v) is 5.50. The Balaban J connectivity index is 1.89. The number of esters is 2. The second kappa shape index (κ2) is 11.9. The number of pyridine rings is 1. The molecule has 2 aromatic heterocycles. The molecule has 6 rings (SSSR count). The molecule has 226 valence electrons. The van der Waals surface area contributed by atoms with Gasteiger partial charge in [0.1, 0.15) is 5.69 Å². The molecule has 6 aromatic rings. The van der Waals surface area contributed by atoms with Crippen molar-refractivity contribution in [3.63, 3.8) is 0 Å². The molecule has 0 atom stereocenters. The normalized spacial score (nSPS) is 11.6. The van der Waals surface area contributed by atoms with Crippen LogP contribution < -0.4 is 0 Å². The van der Waals surface area contributed by atoms with Crippen LogP contribution in [0, 0.1) is 0 Å². The van der Waals surface area contributed by atoms with E-state index < -0.39 is 29.4 Å². The molecule has 0 aliphatic carbocycles. The van der Waals surface area contributed by atoms with Gasteiger partial charge in [-0.2, -0.15) is 18.3 Å². The molecule has 45 heavy (non-hydrogen) atoms. The summed E-state index contributed by atoms with van der Waals surface area (Å²) in [6.07, 6.45) is -5.06. The molecule has 4 aromatic carbocycles. The summed E-state index contributed by atoms with van der Waals surface area (Å²) < 4.78 is 56.9. The number of benzene rings is 4. The molecule has 0 unspecified atom stereocenters. The van der Waals surface area contributed by atoms with Crippen LogP contribution in [0.25, 0.3) is 49.9 Å². The molecule has 0 fully saturated rings. The Hall–Kier alpha value is -5.51. The van der Waals surface area contributed by atoms with E-state index in [0.717, 1.165) is 0 Å². The van der Waals surface area contributed by atoms with Crippen molar-refractivity contribution in [3.8, 4) is 28.1 Å². The van der Waals surface area contributed by atoms with Crippen LogP contribution in [0.5, 0.6) is 0 Å². The summed E-state index contributed by atoms with van der Waals surface area (Å²) >= 11 is 0. The third-order valence-corrected chi connectivity index (χ3v) is 7.28. The van der Waals surface area contributed by atoms with Gasteiger partial charge in [0.25, 0.3) is 0 Å². The van der Waals surface area contributed by atoms with Crippen molar-refractivity contribution in [1.82, 2.24) is 14.8 Å². The van der Waals surface area contributed by atoms with Crippen molar-refractivity contribution in [3.05, 3.63) is 114 Å². The Bertz CT molecular complexity index is 2050. The summed E-state index contributed by atoms with van der Waals surface area (Å²) in [5.74, 6) is -1.86. The molecule has 0 aliphatic heterocycles. The van der Waals surface area contributed by atoms with Crippen molar-refractivity contribution in [2.24, 2.45) is 0 Å². The molecule has 0 spiro atoms. The number of carbonyl (C=O) groups is 2. The molecule has 0 bridgehead atoms. The van der Waals surface area contributed by atoms with Crippen LogP contribution in [-0.4, -0.2) is 39.9 Å². The zero-order valence-corrected chi connectivity index (χ0v) is 24.3. The second-order valence-corrected chi connectivity index (χ2v) is 10.0. The van der Waals surface area contributed by atoms with Crippen molar-refractivity contribution in [1.29, 1.82) is 0 Å². The molecule has 0 aliphatic rings. The number of hydrogen-bond donors (Lipinski definition) is 0. The van der Waals surface area contributed by atoms with Gasteiger partial charge in [-0.05, 0) is 43.0 Å². The largest absolute Gasteiger partial charge is 0.462 e. The second-order valence-electron chi connectivity index (χ2n) is 10.0. The lowest BCUT2D eigenvalue weighted by atomic mass is 9.88. The summed E-state index contributed by atoms with van der Waals surface area (Å²) in [6, 6.07) is 27.5. The van der Waals surface area contributed by atoms with Crippen LogP contribution in [0.2, 0.25) is 0 Å². The molecule has 0 amide bonds. The third-order valence-electron chi connectivity index (χ3n) is 7.28. The smallest absolute Gasteiger partial charge is 0.434 e. The van der Waals surface area contributed by atoms with E-state index in [-0.39, 0.29) is 40.9 Å². The topological polar surface area (TPSA) is 83.3 Å². The molecule has 10 heteroatoms. The van der Waals surface area contributed by atoms with Crippen LogP contribution >= 0.6 is 0 Å². The Labute approximate surface area is 255 Å². The van der Waals surface area contributed by atoms with Gasteiger partial charge >= 0.3 is 18.1 Å². The first-order chi connectivity index (χ1) is 21.7. The zero-order chi connectivity index (χ0) is 31.7. The molecule has 2 heterocycles. The molecule has 0 radical (unpaired) electrons. The Morgan fingerprint density at radius 3 is 2.02 bits per heavy atom. The lowest BCUT2D eigenvalue weighted by Gasteiger charge is -2.19. The first kappa shape index (κ1) is 29.6. The van der Waals surface area contributed by atoms with E-state index in [1.165, 1.54) is 11.6 Å². The summed E-state index contributed by atoms with van der Waals surface area (Å²) in [7, 11) is 0. The summed E-state index contributed by atoms with van der Waals surface area (Å²) in [5, 5.41) is 5.86. The van der Waals surface area contributed by atoms with E-state index in [0.29, 0.717) is 27.7 Å². The SMILES string of the molecule is CCOC(=O)c1c(C(F)(F)F)nc2c(c(-c3ccccc3)nn2-c2ccccc2)c1-c1cccc2cccc(C(=O)OCC)c12. The lowest BCUT2D eigenvalue weighted by molar-refractivity contribution is -0.141. The fraction of sp³-hybridized carbons (Fsp3) is 0.143. The average Bonchev–Trinajstić information content (AvgIpc) is 3.43. The predicted octanol–water partition coefficient (Wildman–Crippen LogP) is 8.28. The van der Waals surface area contributed by atoms with Gasteiger partial charge in [0.2, 0.25) is 0 Å². The van der Waals surface area contributed by atoms with Gasteiger partial charge in [-0.3, -0.25) is 0 Å². The number of aromatic nitrogens is 3. The summed E-state index contributed by atoms with van der Waals surface area (Å²) in [6.45, 7) is 3.09. The number of ether oxygens (including phenoxy) is 2. The standard InChI is InChI=1S/C35H26F3N3O4/c1-3-44-33(42)25-20-12-16-21-15-11-19-24(26(21)25)27-28-30(22-13-7-5-8-14-22)40-41(23-17-9-6-10-18-23)32(28)39-31(35(36,37)38)29(27)34(43)45-4-2/h5-20H,3-4H2,1-2H3. The number of carbonyl (C=O) groups excluding carboxylic acids is 2. The molecule has 0 saturated carbocycles. The highest BCUT2D eigenvalue weighted by Gasteiger charge is 2.42. The third kappa shape index (κ3) is 5.28. The molecule has 0 saturated heterocycles. The first-order valence-electron chi connectivity index (χ1n) is 14.3. The van der Waals surface area contributed by atoms with Crippen molar-refractivity contribution < 1.29 is 32.2 Å². The van der Waals surface area contributed by atoms with Gasteiger partial charge in [0.05, 0.1) is 35.4 Å². The highest BCUT2D eigenvalue weighted by Crippen LogP contribution is 2.46. The van der Waals surface area contributed by atoms with Gasteiger partial charge in [-0.25, -0.2) is 19.3 Å². The van der Waals surface area contributed by atoms with E-state index in [2.05, 4.69) is 4.98 Å². The quantitative estimate of drug-likeness (QED) is 0.169. The highest BCUT2D eigenvalue weighted by molar-refractivity contribution is 6.19. The number of hydrogen-bond acceptors (Lipinski definition) is 6. The van der Waals surface area contributed by atoms with Crippen LogP contribution in [0.3, 0.4) is 0 Å². The van der Waals surface area contributed by atoms with Crippen molar-refractivity contribution in [2.45, 2.75) is 20.0 Å². The van der Waals surface area contributed by atoms with Crippen molar-refractivity contribution in [2.75, 3.05) is 13.2 Å². The van der Waals surface area contributed by atoms with Gasteiger partial charge in [0, 0.05) is 16.5 Å². The minimum absolute atomic E-state index is 0.0885. The van der Waals surface area contributed by atoms with E-state index in [9.17, 15) is 22.8 Å². The molecule has 0 N–H and O–H groups in total. The highest BCUT2D eigenvalue weighted by atomic mass is 19.4. The molecule has 7 nitrogen and oxygen atoms in total. The maximum Gasteiger partial charge on any atom is 0.434 e. The van der Waals surface area contributed by atoms with Gasteiger partial charge in [-0.1, -0.05) is 78.9 Å². The maximum atomic E-state index is 15.0. The van der Waals surface area contributed by atoms with E-state index in [1.54, 1.807) is 104 Å². The van der Waals surface area contributed by atoms with Crippen LogP contribution in [0.4, 0.5) is 13.2 Å². The van der Waals surface area contributed by atoms with Gasteiger partial charge in [0.15, 0.2) is 11.3 Å². The molecular formula is C35H26F3N3O4. The van der Waals surface area contributed by atoms with E-state index in [1.807, 2.05) is 0 Å². The number of para-hydroxylation sites is 1. The van der Waals surface area contributed by atoms with Gasteiger partial charge < -0.3 is 9.47 Å². The number of halogens is 3. The number of nitrogens with zero attached hydrogens (tertiary/aromatic N) is 3. The Morgan fingerprint density at radius 1 is 0.756 bits per heavy atom. The van der Waals surface area contributed by atoms with Gasteiger partial charge in [-0.15, -0.1) is 0 Å². The van der Waals surface area contributed by atoms with E-state index >= 15 is 0 Å². The fourth-order valence-electron chi connectivity index (χ4n) is 5.50. The monoisotopic (exact) mass is 609 g/mol. The minimum atomic E-state index is -5.06. The van der Waals surface area contributed by atoms with Crippen LogP contribution in [0.1, 0.15) is 40.3 Å². The molecular weight excluding hydrogens is 583 g/mol. The summed E-state index contributed by atoms with van der Waals surface area (Å²) in [4.78, 5) is 31.0. The predicted molar refractivity (Wildman–Crippen MR) is 164 cm³/mol. The number of fused-ring (bicyclic) bond motifs is 2.